The minimum absolute atomic E-state index is 0.356. The fourth-order valence-corrected chi connectivity index (χ4v) is 2.06. The van der Waals surface area contributed by atoms with E-state index in [4.69, 9.17) is 21.7 Å². The van der Waals surface area contributed by atoms with E-state index in [1.165, 1.54) is 0 Å². The minimum Gasteiger partial charge on any atom is -0.480 e. The number of hydrogen-bond acceptors (Lipinski definition) is 4. The SMILES string of the molecule is CC(C)C[C@H](N)C(=O)O.N[C@@H](Cc1cccc(Br)c1)C(=O)O. The zero-order valence-electron chi connectivity index (χ0n) is 12.7. The Hall–Kier alpha value is -1.44. The highest BCUT2D eigenvalue weighted by molar-refractivity contribution is 9.10. The van der Waals surface area contributed by atoms with Gasteiger partial charge in [-0.15, -0.1) is 0 Å². The number of carboxylic acids is 2. The van der Waals surface area contributed by atoms with E-state index < -0.39 is 24.0 Å². The Labute approximate surface area is 138 Å². The highest BCUT2D eigenvalue weighted by atomic mass is 79.9. The van der Waals surface area contributed by atoms with Crippen molar-refractivity contribution in [1.82, 2.24) is 0 Å². The lowest BCUT2D eigenvalue weighted by Crippen LogP contribution is -2.32. The second kappa shape index (κ2) is 10.3. The number of carboxylic acid groups (broad SMARTS) is 2. The van der Waals surface area contributed by atoms with Crippen LogP contribution in [0.5, 0.6) is 0 Å². The number of rotatable bonds is 6. The van der Waals surface area contributed by atoms with Gasteiger partial charge in [-0.25, -0.2) is 0 Å². The largest absolute Gasteiger partial charge is 0.480 e. The summed E-state index contributed by atoms with van der Waals surface area (Å²) in [7, 11) is 0. The van der Waals surface area contributed by atoms with E-state index in [2.05, 4.69) is 15.9 Å². The van der Waals surface area contributed by atoms with Gasteiger partial charge in [0.15, 0.2) is 0 Å². The molecule has 0 aliphatic rings. The van der Waals surface area contributed by atoms with E-state index in [-0.39, 0.29) is 0 Å². The molecule has 1 aromatic carbocycles. The van der Waals surface area contributed by atoms with Crippen molar-refractivity contribution in [2.24, 2.45) is 17.4 Å². The molecular formula is C15H23BrN2O4. The summed E-state index contributed by atoms with van der Waals surface area (Å²) < 4.78 is 0.933. The van der Waals surface area contributed by atoms with Gasteiger partial charge in [-0.1, -0.05) is 41.9 Å². The number of halogens is 1. The van der Waals surface area contributed by atoms with E-state index in [0.717, 1.165) is 10.0 Å². The normalized spacial score (nSPS) is 13.0. The van der Waals surface area contributed by atoms with Crippen LogP contribution >= 0.6 is 15.9 Å². The third-order valence-corrected chi connectivity index (χ3v) is 3.20. The predicted molar refractivity (Wildman–Crippen MR) is 88.5 cm³/mol. The van der Waals surface area contributed by atoms with Crippen molar-refractivity contribution in [3.05, 3.63) is 34.3 Å². The summed E-state index contributed by atoms with van der Waals surface area (Å²) in [6.45, 7) is 3.89. The van der Waals surface area contributed by atoms with E-state index in [1.54, 1.807) is 0 Å². The average molecular weight is 375 g/mol. The van der Waals surface area contributed by atoms with E-state index >= 15 is 0 Å². The van der Waals surface area contributed by atoms with Crippen LogP contribution in [0.1, 0.15) is 25.8 Å². The highest BCUT2D eigenvalue weighted by Crippen LogP contribution is 2.12. The van der Waals surface area contributed by atoms with E-state index in [9.17, 15) is 9.59 Å². The van der Waals surface area contributed by atoms with Crippen LogP contribution in [0, 0.1) is 5.92 Å². The Balaban J connectivity index is 0.000000433. The minimum atomic E-state index is -0.972. The maximum Gasteiger partial charge on any atom is 0.320 e. The molecule has 22 heavy (non-hydrogen) atoms. The van der Waals surface area contributed by atoms with Crippen molar-refractivity contribution < 1.29 is 19.8 Å². The van der Waals surface area contributed by atoms with Crippen LogP contribution in [0.25, 0.3) is 0 Å². The van der Waals surface area contributed by atoms with Crippen molar-refractivity contribution in [1.29, 1.82) is 0 Å². The molecule has 0 aliphatic carbocycles. The monoisotopic (exact) mass is 374 g/mol. The fourth-order valence-electron chi connectivity index (χ4n) is 1.61. The van der Waals surface area contributed by atoms with Gasteiger partial charge in [-0.05, 0) is 36.5 Å². The summed E-state index contributed by atoms with van der Waals surface area (Å²) in [6, 6.07) is 5.94. The highest BCUT2D eigenvalue weighted by Gasteiger charge is 2.12. The van der Waals surface area contributed by atoms with Gasteiger partial charge < -0.3 is 21.7 Å². The first-order chi connectivity index (χ1) is 10.1. The van der Waals surface area contributed by atoms with Gasteiger partial charge in [0, 0.05) is 4.47 Å². The van der Waals surface area contributed by atoms with Crippen LogP contribution in [0.4, 0.5) is 0 Å². The number of nitrogens with two attached hydrogens (primary N) is 2. The molecule has 7 heteroatoms. The predicted octanol–water partition coefficient (Wildman–Crippen LogP) is 1.85. The Kier molecular flexibility index (Phi) is 9.64. The number of carbonyl (C=O) groups is 2. The Morgan fingerprint density at radius 1 is 1.14 bits per heavy atom. The molecule has 6 nitrogen and oxygen atoms in total. The number of hydrogen-bond donors (Lipinski definition) is 4. The first kappa shape index (κ1) is 20.6. The van der Waals surface area contributed by atoms with Gasteiger partial charge in [0.1, 0.15) is 12.1 Å². The van der Waals surface area contributed by atoms with Crippen molar-refractivity contribution in [2.75, 3.05) is 0 Å². The quantitative estimate of drug-likeness (QED) is 0.601. The molecule has 0 aromatic heterocycles. The van der Waals surface area contributed by atoms with Crippen LogP contribution in [0.15, 0.2) is 28.7 Å². The van der Waals surface area contributed by atoms with Gasteiger partial charge in [-0.3, -0.25) is 9.59 Å². The molecule has 0 saturated carbocycles. The molecule has 0 fully saturated rings. The molecule has 0 aliphatic heterocycles. The summed E-state index contributed by atoms with van der Waals surface area (Å²) in [5.74, 6) is -1.53. The maximum atomic E-state index is 10.5. The molecule has 0 saturated heterocycles. The molecule has 6 N–H and O–H groups in total. The van der Waals surface area contributed by atoms with Crippen LogP contribution in [-0.2, 0) is 16.0 Å². The number of benzene rings is 1. The Morgan fingerprint density at radius 3 is 2.05 bits per heavy atom. The third kappa shape index (κ3) is 9.49. The lowest BCUT2D eigenvalue weighted by Gasteiger charge is -2.07. The summed E-state index contributed by atoms with van der Waals surface area (Å²) in [5, 5.41) is 16.9. The van der Waals surface area contributed by atoms with E-state index in [0.29, 0.717) is 18.8 Å². The van der Waals surface area contributed by atoms with Crippen molar-refractivity contribution in [3.8, 4) is 0 Å². The molecule has 0 amide bonds. The van der Waals surface area contributed by atoms with Gasteiger partial charge in [0.25, 0.3) is 0 Å². The van der Waals surface area contributed by atoms with Crippen molar-refractivity contribution >= 4 is 27.9 Å². The second-order valence-corrected chi connectivity index (χ2v) is 6.27. The molecule has 0 bridgehead atoms. The molecule has 0 spiro atoms. The van der Waals surface area contributed by atoms with Gasteiger partial charge in [0.05, 0.1) is 0 Å². The van der Waals surface area contributed by atoms with Crippen molar-refractivity contribution in [2.45, 2.75) is 38.8 Å². The number of aliphatic carboxylic acids is 2. The van der Waals surface area contributed by atoms with Gasteiger partial charge in [-0.2, -0.15) is 0 Å². The molecule has 0 heterocycles. The molecule has 1 rings (SSSR count). The van der Waals surface area contributed by atoms with Gasteiger partial charge in [0.2, 0.25) is 0 Å². The molecule has 2 atom stereocenters. The van der Waals surface area contributed by atoms with Crippen LogP contribution in [0.2, 0.25) is 0 Å². The summed E-state index contributed by atoms with van der Waals surface area (Å²) in [5.41, 5.74) is 11.5. The average Bonchev–Trinajstić information content (AvgIpc) is 2.38. The Morgan fingerprint density at radius 2 is 1.68 bits per heavy atom. The summed E-state index contributed by atoms with van der Waals surface area (Å²) in [6.07, 6.45) is 0.907. The second-order valence-electron chi connectivity index (χ2n) is 5.35. The topological polar surface area (TPSA) is 127 Å². The molecular weight excluding hydrogens is 352 g/mol. The smallest absolute Gasteiger partial charge is 0.320 e. The lowest BCUT2D eigenvalue weighted by atomic mass is 10.1. The first-order valence-electron chi connectivity index (χ1n) is 6.84. The summed E-state index contributed by atoms with van der Waals surface area (Å²) >= 11 is 3.30. The van der Waals surface area contributed by atoms with Crippen LogP contribution in [-0.4, -0.2) is 34.2 Å². The summed E-state index contributed by atoms with van der Waals surface area (Å²) in [4.78, 5) is 20.6. The van der Waals surface area contributed by atoms with Gasteiger partial charge >= 0.3 is 11.9 Å². The van der Waals surface area contributed by atoms with Crippen molar-refractivity contribution in [3.63, 3.8) is 0 Å². The molecule has 1 aromatic rings. The molecule has 0 radical (unpaired) electrons. The van der Waals surface area contributed by atoms with E-state index in [1.807, 2.05) is 38.1 Å². The lowest BCUT2D eigenvalue weighted by molar-refractivity contribution is -0.139. The first-order valence-corrected chi connectivity index (χ1v) is 7.64. The van der Waals surface area contributed by atoms with Crippen LogP contribution in [0.3, 0.4) is 0 Å². The Bertz CT molecular complexity index is 494. The zero-order chi connectivity index (χ0) is 17.3. The maximum absolute atomic E-state index is 10.5. The standard InChI is InChI=1S/C9H10BrNO2.C6H13NO2/c10-7-3-1-2-6(4-7)5-8(11)9(12)13;1-4(2)3-5(7)6(8)9/h1-4,8H,5,11H2,(H,12,13);4-5H,3,7H2,1-2H3,(H,8,9)/t8-;5-/m00/s1. The molecule has 124 valence electrons. The third-order valence-electron chi connectivity index (χ3n) is 2.70. The molecule has 0 unspecified atom stereocenters. The fraction of sp³-hybridized carbons (Fsp3) is 0.467. The zero-order valence-corrected chi connectivity index (χ0v) is 14.3. The van der Waals surface area contributed by atoms with Crippen LogP contribution < -0.4 is 11.5 Å².